The topological polar surface area (TPSA) is 0 Å². The molecule has 2 heterocycles. The average Bonchev–Trinajstić information content (AvgIpc) is 2.97. The largest absolute Gasteiger partial charge is 0.148 e. The first kappa shape index (κ1) is 9.20. The monoisotopic (exact) mass is 244 g/mol. The van der Waals surface area contributed by atoms with Crippen LogP contribution in [0.25, 0.3) is 11.1 Å². The van der Waals surface area contributed by atoms with Gasteiger partial charge in [-0.25, -0.2) is 0 Å². The second kappa shape index (κ2) is 3.31. The van der Waals surface area contributed by atoms with E-state index in [2.05, 4.69) is 22.9 Å². The van der Waals surface area contributed by atoms with Gasteiger partial charge in [0.2, 0.25) is 0 Å². The van der Waals surface area contributed by atoms with E-state index in [-0.39, 0.29) is 0 Å². The Morgan fingerprint density at radius 1 is 0.688 bits per heavy atom. The average molecular weight is 244 g/mol. The molecule has 2 aliphatic carbocycles. The number of aryl methyl sites for hydroxylation is 2. The van der Waals surface area contributed by atoms with Crippen molar-refractivity contribution in [3.63, 3.8) is 0 Å². The molecule has 2 aliphatic rings. The molecule has 0 bridgehead atoms. The molecule has 0 saturated heterocycles. The molecular formula is C14H12S2. The number of hydrogen-bond donors (Lipinski definition) is 0. The molecule has 0 radical (unpaired) electrons. The van der Waals surface area contributed by atoms with E-state index in [0.717, 1.165) is 0 Å². The van der Waals surface area contributed by atoms with E-state index in [1.807, 2.05) is 22.7 Å². The van der Waals surface area contributed by atoms with Gasteiger partial charge in [-0.15, -0.1) is 22.7 Å². The highest BCUT2D eigenvalue weighted by atomic mass is 32.1. The van der Waals surface area contributed by atoms with Crippen LogP contribution in [0.1, 0.15) is 33.7 Å². The maximum Gasteiger partial charge on any atom is 0.0124 e. The van der Waals surface area contributed by atoms with Crippen molar-refractivity contribution in [2.24, 2.45) is 0 Å². The summed E-state index contributed by atoms with van der Waals surface area (Å²) in [7, 11) is 0. The van der Waals surface area contributed by atoms with Gasteiger partial charge in [0.25, 0.3) is 0 Å². The van der Waals surface area contributed by atoms with E-state index in [9.17, 15) is 0 Å². The van der Waals surface area contributed by atoms with Gasteiger partial charge in [-0.2, -0.15) is 0 Å². The molecule has 80 valence electrons. The number of fused-ring (bicyclic) bond motifs is 2. The molecule has 0 nitrogen and oxygen atoms in total. The molecule has 0 fully saturated rings. The molecule has 0 aliphatic heterocycles. The summed E-state index contributed by atoms with van der Waals surface area (Å²) in [4.78, 5) is 3.21. The fourth-order valence-corrected chi connectivity index (χ4v) is 4.79. The lowest BCUT2D eigenvalue weighted by Crippen LogP contribution is -1.82. The van der Waals surface area contributed by atoms with E-state index in [1.54, 1.807) is 32.0 Å². The highest BCUT2D eigenvalue weighted by molar-refractivity contribution is 7.10. The van der Waals surface area contributed by atoms with Crippen molar-refractivity contribution in [3.05, 3.63) is 43.8 Å². The van der Waals surface area contributed by atoms with E-state index in [4.69, 9.17) is 0 Å². The van der Waals surface area contributed by atoms with Crippen LogP contribution in [0.2, 0.25) is 0 Å². The highest BCUT2D eigenvalue weighted by Gasteiger charge is 2.25. The Morgan fingerprint density at radius 2 is 1.19 bits per heavy atom. The summed E-state index contributed by atoms with van der Waals surface area (Å²) in [5, 5.41) is 4.49. The number of rotatable bonds is 0. The Bertz CT molecular complexity index is 531. The summed E-state index contributed by atoms with van der Waals surface area (Å²) in [6, 6.07) is 4.64. The number of allylic oxidation sites excluding steroid dienone is 2. The molecule has 16 heavy (non-hydrogen) atoms. The molecule has 2 aromatic rings. The quantitative estimate of drug-likeness (QED) is 0.634. The van der Waals surface area contributed by atoms with Gasteiger partial charge in [-0.3, -0.25) is 0 Å². The van der Waals surface area contributed by atoms with Crippen molar-refractivity contribution in [2.75, 3.05) is 0 Å². The summed E-state index contributed by atoms with van der Waals surface area (Å²) in [6.07, 6.45) is 5.08. The van der Waals surface area contributed by atoms with Gasteiger partial charge < -0.3 is 0 Å². The lowest BCUT2D eigenvalue weighted by Gasteiger charge is -2.04. The third-order valence-electron chi connectivity index (χ3n) is 3.71. The van der Waals surface area contributed by atoms with Crippen molar-refractivity contribution < 1.29 is 0 Å². The van der Waals surface area contributed by atoms with Gasteiger partial charge in [0.05, 0.1) is 0 Å². The van der Waals surface area contributed by atoms with Gasteiger partial charge in [0.15, 0.2) is 0 Å². The lowest BCUT2D eigenvalue weighted by atomic mass is 10.00. The van der Waals surface area contributed by atoms with Crippen LogP contribution in [-0.2, 0) is 12.8 Å². The molecule has 2 aromatic heterocycles. The zero-order valence-electron chi connectivity index (χ0n) is 8.95. The zero-order valence-corrected chi connectivity index (χ0v) is 10.6. The Hall–Kier alpha value is -0.860. The third-order valence-corrected chi connectivity index (χ3v) is 5.67. The second-order valence-electron chi connectivity index (χ2n) is 4.47. The molecular weight excluding hydrogens is 232 g/mol. The summed E-state index contributed by atoms with van der Waals surface area (Å²) < 4.78 is 0. The standard InChI is InChI=1S/C14H12S2/c1-3-13-11(5-7-15-13)9(1)10-2-4-14-12(10)6-8-16-14/h5-8H,1-4H2/b10-9+. The minimum absolute atomic E-state index is 1.27. The van der Waals surface area contributed by atoms with Crippen LogP contribution in [0, 0.1) is 0 Å². The summed E-state index contributed by atoms with van der Waals surface area (Å²) >= 11 is 3.85. The SMILES string of the molecule is c1cc2c(s1)CC/C2=C1/CCc2sccc21. The number of hydrogen-bond acceptors (Lipinski definition) is 2. The van der Waals surface area contributed by atoms with Gasteiger partial charge in [-0.05, 0) is 70.8 Å². The Kier molecular flexibility index (Phi) is 1.91. The molecule has 0 atom stereocenters. The fraction of sp³-hybridized carbons (Fsp3) is 0.286. The highest BCUT2D eigenvalue weighted by Crippen LogP contribution is 2.46. The van der Waals surface area contributed by atoms with Crippen LogP contribution >= 0.6 is 22.7 Å². The first-order chi connectivity index (χ1) is 7.93. The fourth-order valence-electron chi connectivity index (χ4n) is 2.98. The smallest absolute Gasteiger partial charge is 0.0124 e. The van der Waals surface area contributed by atoms with Crippen molar-refractivity contribution in [1.29, 1.82) is 0 Å². The number of thiophene rings is 2. The molecule has 0 aromatic carbocycles. The van der Waals surface area contributed by atoms with Crippen molar-refractivity contribution in [1.82, 2.24) is 0 Å². The normalized spacial score (nSPS) is 22.5. The van der Waals surface area contributed by atoms with Gasteiger partial charge in [-0.1, -0.05) is 0 Å². The van der Waals surface area contributed by atoms with Gasteiger partial charge >= 0.3 is 0 Å². The zero-order chi connectivity index (χ0) is 10.5. The van der Waals surface area contributed by atoms with E-state index in [1.165, 1.54) is 25.7 Å². The van der Waals surface area contributed by atoms with Gasteiger partial charge in [0, 0.05) is 9.75 Å². The Balaban J connectivity index is 1.94. The summed E-state index contributed by atoms with van der Waals surface area (Å²) in [5.41, 5.74) is 6.40. The minimum Gasteiger partial charge on any atom is -0.148 e. The van der Waals surface area contributed by atoms with Crippen LogP contribution in [-0.4, -0.2) is 0 Å². The maximum absolute atomic E-state index is 2.32. The van der Waals surface area contributed by atoms with Crippen LogP contribution < -0.4 is 0 Å². The molecule has 0 spiro atoms. The predicted molar refractivity (Wildman–Crippen MR) is 72.1 cm³/mol. The Morgan fingerprint density at radius 3 is 1.69 bits per heavy atom. The second-order valence-corrected chi connectivity index (χ2v) is 6.47. The third kappa shape index (κ3) is 1.14. The predicted octanol–water partition coefficient (Wildman–Crippen LogP) is 4.61. The summed E-state index contributed by atoms with van der Waals surface area (Å²) in [6.45, 7) is 0. The van der Waals surface area contributed by atoms with Crippen molar-refractivity contribution in [2.45, 2.75) is 25.7 Å². The maximum atomic E-state index is 2.32. The first-order valence-electron chi connectivity index (χ1n) is 5.79. The van der Waals surface area contributed by atoms with Gasteiger partial charge in [0.1, 0.15) is 0 Å². The van der Waals surface area contributed by atoms with E-state index in [0.29, 0.717) is 0 Å². The Labute approximate surface area is 103 Å². The molecule has 0 saturated carbocycles. The summed E-state index contributed by atoms with van der Waals surface area (Å²) in [5.74, 6) is 0. The molecule has 0 amide bonds. The van der Waals surface area contributed by atoms with Crippen LogP contribution in [0.4, 0.5) is 0 Å². The van der Waals surface area contributed by atoms with Crippen LogP contribution in [0.5, 0.6) is 0 Å². The molecule has 4 rings (SSSR count). The lowest BCUT2D eigenvalue weighted by molar-refractivity contribution is 1.08. The molecule has 0 unspecified atom stereocenters. The van der Waals surface area contributed by atoms with E-state index < -0.39 is 0 Å². The minimum atomic E-state index is 1.27. The molecule has 0 N–H and O–H groups in total. The van der Waals surface area contributed by atoms with E-state index >= 15 is 0 Å². The van der Waals surface area contributed by atoms with Crippen LogP contribution in [0.3, 0.4) is 0 Å². The molecule has 2 heteroatoms. The van der Waals surface area contributed by atoms with Crippen molar-refractivity contribution in [3.8, 4) is 0 Å². The first-order valence-corrected chi connectivity index (χ1v) is 7.55. The van der Waals surface area contributed by atoms with Crippen LogP contribution in [0.15, 0.2) is 22.9 Å². The van der Waals surface area contributed by atoms with Crippen molar-refractivity contribution >= 4 is 33.8 Å².